The van der Waals surface area contributed by atoms with Gasteiger partial charge in [-0.1, -0.05) is 6.92 Å². The van der Waals surface area contributed by atoms with Crippen molar-refractivity contribution in [2.75, 3.05) is 31.1 Å². The molecule has 2 heterocycles. The van der Waals surface area contributed by atoms with Crippen LogP contribution in [0.5, 0.6) is 0 Å². The number of amides is 1. The van der Waals surface area contributed by atoms with Gasteiger partial charge in [-0.25, -0.2) is 4.98 Å². The highest BCUT2D eigenvalue weighted by Crippen LogP contribution is 2.20. The standard InChI is InChI=1S/C13H23N5OS.2ClH/c1-4-10-15-12(20-16-10)18-7-5-6-17(8-9-18)11(19)13(2,3)14;;/h4-9,14H2,1-3H3;2*1H. The number of carbonyl (C=O) groups excluding carboxylic acids is 1. The summed E-state index contributed by atoms with van der Waals surface area (Å²) in [5.41, 5.74) is 5.10. The molecular formula is C13H25Cl2N5OS. The van der Waals surface area contributed by atoms with E-state index in [0.29, 0.717) is 6.54 Å². The van der Waals surface area contributed by atoms with Gasteiger partial charge in [0.2, 0.25) is 11.0 Å². The molecule has 22 heavy (non-hydrogen) atoms. The Kier molecular flexibility index (Phi) is 8.61. The van der Waals surface area contributed by atoms with Crippen LogP contribution in [-0.4, -0.2) is 51.9 Å². The summed E-state index contributed by atoms with van der Waals surface area (Å²) in [5.74, 6) is 0.913. The van der Waals surface area contributed by atoms with Crippen molar-refractivity contribution in [2.24, 2.45) is 5.73 Å². The van der Waals surface area contributed by atoms with E-state index >= 15 is 0 Å². The molecule has 1 saturated heterocycles. The number of anilines is 1. The largest absolute Gasteiger partial charge is 0.345 e. The third-order valence-electron chi connectivity index (χ3n) is 3.38. The lowest BCUT2D eigenvalue weighted by Crippen LogP contribution is -2.52. The van der Waals surface area contributed by atoms with E-state index in [4.69, 9.17) is 5.73 Å². The van der Waals surface area contributed by atoms with Crippen molar-refractivity contribution in [2.45, 2.75) is 39.2 Å². The summed E-state index contributed by atoms with van der Waals surface area (Å²) in [7, 11) is 0. The molecule has 128 valence electrons. The fourth-order valence-electron chi connectivity index (χ4n) is 2.24. The second-order valence-corrected chi connectivity index (χ2v) is 6.43. The quantitative estimate of drug-likeness (QED) is 0.877. The number of nitrogens with zero attached hydrogens (tertiary/aromatic N) is 4. The second kappa shape index (κ2) is 8.86. The third kappa shape index (κ3) is 5.22. The topological polar surface area (TPSA) is 75.4 Å². The summed E-state index contributed by atoms with van der Waals surface area (Å²) in [4.78, 5) is 20.8. The SMILES string of the molecule is CCc1nsc(N2CCCN(C(=O)C(C)(C)N)CC2)n1.Cl.Cl. The Hall–Kier alpha value is -0.630. The van der Waals surface area contributed by atoms with Gasteiger partial charge in [0.15, 0.2) is 0 Å². The van der Waals surface area contributed by atoms with E-state index in [1.165, 1.54) is 11.5 Å². The summed E-state index contributed by atoms with van der Waals surface area (Å²) in [6.45, 7) is 8.73. The number of rotatable bonds is 3. The summed E-state index contributed by atoms with van der Waals surface area (Å²) >= 11 is 1.44. The van der Waals surface area contributed by atoms with Crippen molar-refractivity contribution in [1.82, 2.24) is 14.3 Å². The van der Waals surface area contributed by atoms with Crippen molar-refractivity contribution in [1.29, 1.82) is 0 Å². The fraction of sp³-hybridized carbons (Fsp3) is 0.769. The lowest BCUT2D eigenvalue weighted by molar-refractivity contribution is -0.135. The first-order valence-corrected chi connectivity index (χ1v) is 7.85. The number of carbonyl (C=O) groups is 1. The Morgan fingerprint density at radius 2 is 1.95 bits per heavy atom. The highest BCUT2D eigenvalue weighted by Gasteiger charge is 2.29. The number of hydrogen-bond donors (Lipinski definition) is 1. The minimum Gasteiger partial charge on any atom is -0.345 e. The van der Waals surface area contributed by atoms with Gasteiger partial charge >= 0.3 is 0 Å². The minimum atomic E-state index is -0.798. The molecule has 0 aromatic carbocycles. The smallest absolute Gasteiger partial charge is 0.242 e. The maximum Gasteiger partial charge on any atom is 0.242 e. The van der Waals surface area contributed by atoms with Gasteiger partial charge in [0.1, 0.15) is 5.82 Å². The molecule has 2 N–H and O–H groups in total. The average molecular weight is 370 g/mol. The molecule has 1 amide bonds. The Morgan fingerprint density at radius 1 is 1.27 bits per heavy atom. The molecule has 1 fully saturated rings. The summed E-state index contributed by atoms with van der Waals surface area (Å²) in [6, 6.07) is 0. The van der Waals surface area contributed by atoms with Gasteiger partial charge in [0, 0.05) is 44.1 Å². The zero-order chi connectivity index (χ0) is 14.8. The number of hydrogen-bond acceptors (Lipinski definition) is 6. The highest BCUT2D eigenvalue weighted by molar-refractivity contribution is 7.09. The van der Waals surface area contributed by atoms with Gasteiger partial charge in [-0.15, -0.1) is 24.8 Å². The predicted molar refractivity (Wildman–Crippen MR) is 95.5 cm³/mol. The molecule has 0 atom stereocenters. The van der Waals surface area contributed by atoms with Gasteiger partial charge in [-0.3, -0.25) is 4.79 Å². The van der Waals surface area contributed by atoms with Crippen molar-refractivity contribution >= 4 is 47.4 Å². The number of aryl methyl sites for hydroxylation is 1. The van der Waals surface area contributed by atoms with Crippen molar-refractivity contribution < 1.29 is 4.79 Å². The molecule has 0 spiro atoms. The van der Waals surface area contributed by atoms with Crippen LogP contribution in [0.1, 0.15) is 33.0 Å². The molecule has 1 aromatic rings. The predicted octanol–water partition coefficient (Wildman–Crippen LogP) is 1.72. The molecule has 0 bridgehead atoms. The molecule has 0 unspecified atom stereocenters. The van der Waals surface area contributed by atoms with Gasteiger partial charge < -0.3 is 15.5 Å². The summed E-state index contributed by atoms with van der Waals surface area (Å²) < 4.78 is 4.32. The molecule has 0 aliphatic carbocycles. The number of nitrogens with two attached hydrogens (primary N) is 1. The zero-order valence-electron chi connectivity index (χ0n) is 13.2. The maximum absolute atomic E-state index is 12.2. The van der Waals surface area contributed by atoms with Crippen molar-refractivity contribution in [3.8, 4) is 0 Å². The minimum absolute atomic E-state index is 0. The Morgan fingerprint density at radius 3 is 2.50 bits per heavy atom. The molecular weight excluding hydrogens is 345 g/mol. The average Bonchev–Trinajstić information content (AvgIpc) is 2.74. The number of halogens is 2. The Balaban J connectivity index is 0.00000220. The lowest BCUT2D eigenvalue weighted by atomic mass is 10.1. The van der Waals surface area contributed by atoms with E-state index in [9.17, 15) is 4.79 Å². The molecule has 1 aromatic heterocycles. The van der Waals surface area contributed by atoms with E-state index in [1.54, 1.807) is 13.8 Å². The molecule has 1 aliphatic heterocycles. The fourth-order valence-corrected chi connectivity index (χ4v) is 3.04. The van der Waals surface area contributed by atoms with E-state index in [-0.39, 0.29) is 30.7 Å². The van der Waals surface area contributed by atoms with Gasteiger partial charge in [0.05, 0.1) is 5.54 Å². The van der Waals surface area contributed by atoms with Crippen LogP contribution in [0.15, 0.2) is 0 Å². The monoisotopic (exact) mass is 369 g/mol. The molecule has 2 rings (SSSR count). The van der Waals surface area contributed by atoms with Gasteiger partial charge in [-0.2, -0.15) is 4.37 Å². The first-order valence-electron chi connectivity index (χ1n) is 7.07. The Labute approximate surface area is 148 Å². The van der Waals surface area contributed by atoms with E-state index in [1.807, 2.05) is 4.90 Å². The van der Waals surface area contributed by atoms with Gasteiger partial charge in [-0.05, 0) is 20.3 Å². The second-order valence-electron chi connectivity index (χ2n) is 5.70. The van der Waals surface area contributed by atoms with Crippen LogP contribution in [0.25, 0.3) is 0 Å². The molecule has 0 saturated carbocycles. The van der Waals surface area contributed by atoms with Crippen LogP contribution in [0.4, 0.5) is 5.13 Å². The van der Waals surface area contributed by atoms with Crippen LogP contribution >= 0.6 is 36.3 Å². The molecule has 9 heteroatoms. The van der Waals surface area contributed by atoms with Crippen LogP contribution in [0, 0.1) is 0 Å². The zero-order valence-corrected chi connectivity index (χ0v) is 15.7. The van der Waals surface area contributed by atoms with Gasteiger partial charge in [0.25, 0.3) is 0 Å². The van der Waals surface area contributed by atoms with Crippen LogP contribution in [-0.2, 0) is 11.2 Å². The first-order chi connectivity index (χ1) is 9.41. The van der Waals surface area contributed by atoms with Crippen LogP contribution in [0.2, 0.25) is 0 Å². The maximum atomic E-state index is 12.2. The van der Waals surface area contributed by atoms with Crippen molar-refractivity contribution in [3.05, 3.63) is 5.82 Å². The third-order valence-corrected chi connectivity index (χ3v) is 4.19. The molecule has 6 nitrogen and oxygen atoms in total. The normalized spacial score (nSPS) is 15.6. The lowest BCUT2D eigenvalue weighted by Gasteiger charge is -2.28. The van der Waals surface area contributed by atoms with E-state index < -0.39 is 5.54 Å². The number of aromatic nitrogens is 2. The van der Waals surface area contributed by atoms with E-state index in [0.717, 1.165) is 43.4 Å². The van der Waals surface area contributed by atoms with Crippen molar-refractivity contribution in [3.63, 3.8) is 0 Å². The first kappa shape index (κ1) is 21.4. The molecule has 1 aliphatic rings. The highest BCUT2D eigenvalue weighted by atomic mass is 35.5. The Bertz CT molecular complexity index is 477. The summed E-state index contributed by atoms with van der Waals surface area (Å²) in [6.07, 6.45) is 1.79. The van der Waals surface area contributed by atoms with Crippen LogP contribution in [0.3, 0.4) is 0 Å². The van der Waals surface area contributed by atoms with Crippen LogP contribution < -0.4 is 10.6 Å². The molecule has 0 radical (unpaired) electrons. The summed E-state index contributed by atoms with van der Waals surface area (Å²) in [5, 5.41) is 0.961. The van der Waals surface area contributed by atoms with E-state index in [2.05, 4.69) is 21.2 Å².